The van der Waals surface area contributed by atoms with E-state index >= 15 is 0 Å². The van der Waals surface area contributed by atoms with E-state index in [1.165, 1.54) is 5.56 Å². The third kappa shape index (κ3) is 3.80. The average molecular weight is 297 g/mol. The summed E-state index contributed by atoms with van der Waals surface area (Å²) in [6.07, 6.45) is 2.29. The molecule has 1 heterocycles. The number of aryl methyl sites for hydroxylation is 1. The number of rotatable bonds is 6. The van der Waals surface area contributed by atoms with Crippen molar-refractivity contribution in [3.63, 3.8) is 0 Å². The quantitative estimate of drug-likeness (QED) is 0.829. The zero-order valence-corrected chi connectivity index (χ0v) is 13.0. The van der Waals surface area contributed by atoms with Crippen LogP contribution in [-0.2, 0) is 6.42 Å². The minimum atomic E-state index is 0.0617. The Hall–Kier alpha value is -2.00. The van der Waals surface area contributed by atoms with Crippen molar-refractivity contribution >= 4 is 0 Å². The Morgan fingerprint density at radius 1 is 1.05 bits per heavy atom. The number of hydrogen-bond acceptors (Lipinski definition) is 3. The van der Waals surface area contributed by atoms with Crippen LogP contribution in [0.3, 0.4) is 0 Å². The van der Waals surface area contributed by atoms with Gasteiger partial charge >= 0.3 is 0 Å². The van der Waals surface area contributed by atoms with Crippen LogP contribution < -0.4 is 14.8 Å². The van der Waals surface area contributed by atoms with Gasteiger partial charge in [-0.15, -0.1) is 0 Å². The molecule has 0 aliphatic carbocycles. The predicted molar refractivity (Wildman–Crippen MR) is 88.6 cm³/mol. The highest BCUT2D eigenvalue weighted by Crippen LogP contribution is 2.31. The van der Waals surface area contributed by atoms with Gasteiger partial charge in [0.15, 0.2) is 11.5 Å². The maximum Gasteiger partial charge on any atom is 0.161 e. The fourth-order valence-electron chi connectivity index (χ4n) is 2.68. The Bertz CT molecular complexity index is 585. The first kappa shape index (κ1) is 14.9. The molecular weight excluding hydrogens is 274 g/mol. The summed E-state index contributed by atoms with van der Waals surface area (Å²) < 4.78 is 11.8. The first-order valence-electron chi connectivity index (χ1n) is 7.99. The third-order valence-electron chi connectivity index (χ3n) is 4.04. The molecule has 0 bridgehead atoms. The van der Waals surface area contributed by atoms with E-state index < -0.39 is 0 Å². The molecule has 22 heavy (non-hydrogen) atoms. The highest BCUT2D eigenvalue weighted by atomic mass is 16.6. The molecular formula is C19H23NO2. The van der Waals surface area contributed by atoms with Crippen molar-refractivity contribution in [2.45, 2.75) is 31.9 Å². The average Bonchev–Trinajstić information content (AvgIpc) is 2.59. The molecule has 0 saturated carbocycles. The van der Waals surface area contributed by atoms with E-state index in [1.807, 2.05) is 24.3 Å². The number of nitrogens with one attached hydrogen (secondary N) is 1. The molecule has 0 radical (unpaired) electrons. The molecule has 2 aromatic rings. The number of fused-ring (bicyclic) bond motifs is 1. The van der Waals surface area contributed by atoms with Gasteiger partial charge in [-0.2, -0.15) is 0 Å². The Kier molecular flexibility index (Phi) is 4.96. The second-order valence-corrected chi connectivity index (χ2v) is 5.75. The monoisotopic (exact) mass is 297 g/mol. The molecule has 2 atom stereocenters. The summed E-state index contributed by atoms with van der Waals surface area (Å²) in [4.78, 5) is 0. The molecule has 116 valence electrons. The van der Waals surface area contributed by atoms with Gasteiger partial charge in [-0.1, -0.05) is 42.5 Å². The van der Waals surface area contributed by atoms with E-state index in [2.05, 4.69) is 42.6 Å². The van der Waals surface area contributed by atoms with Crippen LogP contribution in [0.15, 0.2) is 54.6 Å². The van der Waals surface area contributed by atoms with Crippen molar-refractivity contribution in [3.05, 3.63) is 60.2 Å². The summed E-state index contributed by atoms with van der Waals surface area (Å²) in [7, 11) is 0. The second-order valence-electron chi connectivity index (χ2n) is 5.75. The molecule has 3 nitrogen and oxygen atoms in total. The number of benzene rings is 2. The SMILES string of the molecule is CC(NCCCc1ccccc1)C1COc2ccccc2O1. The topological polar surface area (TPSA) is 30.5 Å². The van der Waals surface area contributed by atoms with Crippen LogP contribution in [0.25, 0.3) is 0 Å². The van der Waals surface area contributed by atoms with Crippen molar-refractivity contribution in [1.82, 2.24) is 5.32 Å². The zero-order valence-electron chi connectivity index (χ0n) is 13.0. The molecule has 3 heteroatoms. The molecule has 1 N–H and O–H groups in total. The van der Waals surface area contributed by atoms with Crippen molar-refractivity contribution in [2.24, 2.45) is 0 Å². The van der Waals surface area contributed by atoms with Crippen LogP contribution in [0.5, 0.6) is 11.5 Å². The normalized spacial score (nSPS) is 18.0. The minimum absolute atomic E-state index is 0.0617. The lowest BCUT2D eigenvalue weighted by atomic mass is 10.1. The van der Waals surface area contributed by atoms with E-state index in [4.69, 9.17) is 9.47 Å². The van der Waals surface area contributed by atoms with Crippen molar-refractivity contribution in [2.75, 3.05) is 13.2 Å². The van der Waals surface area contributed by atoms with Crippen LogP contribution in [-0.4, -0.2) is 25.3 Å². The van der Waals surface area contributed by atoms with Gasteiger partial charge < -0.3 is 14.8 Å². The predicted octanol–water partition coefficient (Wildman–Crippen LogP) is 3.44. The van der Waals surface area contributed by atoms with E-state index in [0.29, 0.717) is 6.61 Å². The number of para-hydroxylation sites is 2. The summed E-state index contributed by atoms with van der Waals surface area (Å²) in [6.45, 7) is 3.74. The minimum Gasteiger partial charge on any atom is -0.486 e. The fourth-order valence-corrected chi connectivity index (χ4v) is 2.68. The Morgan fingerprint density at radius 2 is 1.77 bits per heavy atom. The Labute approximate surface area is 132 Å². The fraction of sp³-hybridized carbons (Fsp3) is 0.368. The first-order valence-corrected chi connectivity index (χ1v) is 7.99. The van der Waals surface area contributed by atoms with Gasteiger partial charge in [-0.05, 0) is 44.0 Å². The molecule has 1 aliphatic heterocycles. The van der Waals surface area contributed by atoms with Gasteiger partial charge in [0.1, 0.15) is 12.7 Å². The maximum atomic E-state index is 6.02. The Balaban J connectivity index is 1.42. The maximum absolute atomic E-state index is 6.02. The highest BCUT2D eigenvalue weighted by molar-refractivity contribution is 5.40. The highest BCUT2D eigenvalue weighted by Gasteiger charge is 2.25. The lowest BCUT2D eigenvalue weighted by Gasteiger charge is -2.31. The van der Waals surface area contributed by atoms with Crippen molar-refractivity contribution < 1.29 is 9.47 Å². The molecule has 1 aliphatic rings. The standard InChI is InChI=1S/C19H23NO2/c1-15(20-13-7-10-16-8-3-2-4-9-16)19-14-21-17-11-5-6-12-18(17)22-19/h2-6,8-9,11-12,15,19-20H,7,10,13-14H2,1H3. The molecule has 2 aromatic carbocycles. The van der Waals surface area contributed by atoms with Gasteiger partial charge in [0.2, 0.25) is 0 Å². The number of hydrogen-bond donors (Lipinski definition) is 1. The smallest absolute Gasteiger partial charge is 0.161 e. The largest absolute Gasteiger partial charge is 0.486 e. The summed E-state index contributed by atoms with van der Waals surface area (Å²) in [6, 6.07) is 18.7. The van der Waals surface area contributed by atoms with Crippen LogP contribution in [0.2, 0.25) is 0 Å². The van der Waals surface area contributed by atoms with Crippen LogP contribution >= 0.6 is 0 Å². The lowest BCUT2D eigenvalue weighted by Crippen LogP contribution is -2.46. The van der Waals surface area contributed by atoms with Gasteiger partial charge in [0.05, 0.1) is 0 Å². The second kappa shape index (κ2) is 7.32. The molecule has 0 aromatic heterocycles. The summed E-state index contributed by atoms with van der Waals surface area (Å²) in [5.74, 6) is 1.69. The van der Waals surface area contributed by atoms with E-state index in [9.17, 15) is 0 Å². The molecule has 0 saturated heterocycles. The lowest BCUT2D eigenvalue weighted by molar-refractivity contribution is 0.0667. The van der Waals surface area contributed by atoms with Crippen LogP contribution in [0.1, 0.15) is 18.9 Å². The first-order chi connectivity index (χ1) is 10.8. The molecule has 2 unspecified atom stereocenters. The van der Waals surface area contributed by atoms with E-state index in [1.54, 1.807) is 0 Å². The van der Waals surface area contributed by atoms with Crippen molar-refractivity contribution in [3.8, 4) is 11.5 Å². The van der Waals surface area contributed by atoms with Gasteiger partial charge in [-0.25, -0.2) is 0 Å². The number of ether oxygens (including phenoxy) is 2. The van der Waals surface area contributed by atoms with E-state index in [-0.39, 0.29) is 12.1 Å². The molecule has 0 amide bonds. The van der Waals surface area contributed by atoms with Gasteiger partial charge in [0.25, 0.3) is 0 Å². The van der Waals surface area contributed by atoms with Crippen LogP contribution in [0, 0.1) is 0 Å². The van der Waals surface area contributed by atoms with Crippen LogP contribution in [0.4, 0.5) is 0 Å². The molecule has 0 spiro atoms. The van der Waals surface area contributed by atoms with Gasteiger partial charge in [-0.3, -0.25) is 0 Å². The molecule has 3 rings (SSSR count). The molecule has 0 fully saturated rings. The van der Waals surface area contributed by atoms with E-state index in [0.717, 1.165) is 30.9 Å². The van der Waals surface area contributed by atoms with Crippen molar-refractivity contribution in [1.29, 1.82) is 0 Å². The van der Waals surface area contributed by atoms with Gasteiger partial charge in [0, 0.05) is 6.04 Å². The summed E-state index contributed by atoms with van der Waals surface area (Å²) >= 11 is 0. The zero-order chi connectivity index (χ0) is 15.2. The summed E-state index contributed by atoms with van der Waals surface area (Å²) in [5, 5.41) is 3.55. The third-order valence-corrected chi connectivity index (χ3v) is 4.04. The summed E-state index contributed by atoms with van der Waals surface area (Å²) in [5.41, 5.74) is 1.39. The Morgan fingerprint density at radius 3 is 2.59 bits per heavy atom.